The topological polar surface area (TPSA) is 101 Å². The molecule has 2 N–H and O–H groups in total. The van der Waals surface area contributed by atoms with Crippen LogP contribution >= 0.6 is 0 Å². The molecule has 0 saturated heterocycles. The molecule has 0 bridgehead atoms. The molecule has 4 rings (SSSR count). The summed E-state index contributed by atoms with van der Waals surface area (Å²) in [5.74, 6) is 0.981. The second kappa shape index (κ2) is 7.20. The molecule has 0 spiro atoms. The summed E-state index contributed by atoms with van der Waals surface area (Å²) in [6, 6.07) is 16.5. The molecule has 134 valence electrons. The van der Waals surface area contributed by atoms with Crippen molar-refractivity contribution >= 4 is 5.91 Å². The number of imidazole rings is 1. The average molecular weight is 359 g/mol. The van der Waals surface area contributed by atoms with Gasteiger partial charge < -0.3 is 9.88 Å². The van der Waals surface area contributed by atoms with Gasteiger partial charge in [-0.05, 0) is 22.9 Å². The molecule has 2 aromatic carbocycles. The van der Waals surface area contributed by atoms with E-state index in [1.54, 1.807) is 24.4 Å². The van der Waals surface area contributed by atoms with Gasteiger partial charge in [-0.15, -0.1) is 10.2 Å². The zero-order chi connectivity index (χ0) is 18.6. The molecule has 8 nitrogen and oxygen atoms in total. The van der Waals surface area contributed by atoms with Crippen LogP contribution in [0.25, 0.3) is 11.4 Å². The number of aryl methyl sites for hydroxylation is 1. The monoisotopic (exact) mass is 359 g/mol. The number of carbonyl (C=O) groups excluding carboxylic acids is 1. The first-order valence-corrected chi connectivity index (χ1v) is 8.39. The molecule has 0 fully saturated rings. The van der Waals surface area contributed by atoms with Crippen molar-refractivity contribution in [3.8, 4) is 11.4 Å². The fourth-order valence-electron chi connectivity index (χ4n) is 2.90. The van der Waals surface area contributed by atoms with Gasteiger partial charge in [-0.3, -0.25) is 4.79 Å². The van der Waals surface area contributed by atoms with E-state index in [4.69, 9.17) is 0 Å². The lowest BCUT2D eigenvalue weighted by Gasteiger charge is -2.19. The van der Waals surface area contributed by atoms with Gasteiger partial charge in [-0.2, -0.15) is 5.21 Å². The minimum absolute atomic E-state index is 0.211. The van der Waals surface area contributed by atoms with E-state index in [1.165, 1.54) is 0 Å². The molecule has 0 aliphatic rings. The number of H-pyrrole nitrogens is 1. The first kappa shape index (κ1) is 16.6. The van der Waals surface area contributed by atoms with Crippen LogP contribution < -0.4 is 5.32 Å². The standard InChI is InChI=1S/C19H17N7O/c1-26-11-10-20-18(26)16(13-6-3-2-4-7-13)21-19(27)15-9-5-8-14(12-15)17-22-24-25-23-17/h2-12,16H,1H3,(H,21,27)(H,22,23,24,25)/t16-/m1/s1. The summed E-state index contributed by atoms with van der Waals surface area (Å²) in [7, 11) is 1.90. The minimum atomic E-state index is -0.368. The van der Waals surface area contributed by atoms with Crippen LogP contribution in [-0.2, 0) is 7.05 Å². The lowest BCUT2D eigenvalue weighted by molar-refractivity contribution is 0.0941. The predicted octanol–water partition coefficient (Wildman–Crippen LogP) is 2.12. The largest absolute Gasteiger partial charge is 0.338 e. The van der Waals surface area contributed by atoms with Crippen molar-refractivity contribution in [1.29, 1.82) is 0 Å². The quantitative estimate of drug-likeness (QED) is 0.568. The maximum atomic E-state index is 12.9. The first-order chi connectivity index (χ1) is 13.2. The number of hydrogen-bond donors (Lipinski definition) is 2. The van der Waals surface area contributed by atoms with E-state index in [2.05, 4.69) is 30.9 Å². The van der Waals surface area contributed by atoms with Crippen LogP contribution in [0.15, 0.2) is 67.0 Å². The third-order valence-electron chi connectivity index (χ3n) is 4.25. The Morgan fingerprint density at radius 3 is 2.70 bits per heavy atom. The summed E-state index contributed by atoms with van der Waals surface area (Å²) >= 11 is 0. The summed E-state index contributed by atoms with van der Waals surface area (Å²) in [4.78, 5) is 17.4. The highest BCUT2D eigenvalue weighted by atomic mass is 16.1. The van der Waals surface area contributed by atoms with Crippen molar-refractivity contribution in [3.05, 3.63) is 83.9 Å². The molecule has 4 aromatic rings. The molecule has 1 atom stereocenters. The Balaban J connectivity index is 1.65. The van der Waals surface area contributed by atoms with Crippen LogP contribution in [0.1, 0.15) is 27.8 Å². The maximum Gasteiger partial charge on any atom is 0.252 e. The van der Waals surface area contributed by atoms with E-state index in [9.17, 15) is 4.79 Å². The van der Waals surface area contributed by atoms with Crippen LogP contribution in [0, 0.1) is 0 Å². The summed E-state index contributed by atoms with van der Waals surface area (Å²) in [6.45, 7) is 0. The van der Waals surface area contributed by atoms with Gasteiger partial charge in [-0.1, -0.05) is 42.5 Å². The second-order valence-electron chi connectivity index (χ2n) is 6.03. The second-order valence-corrected chi connectivity index (χ2v) is 6.03. The van der Waals surface area contributed by atoms with Crippen LogP contribution in [0.4, 0.5) is 0 Å². The fraction of sp³-hybridized carbons (Fsp3) is 0.105. The smallest absolute Gasteiger partial charge is 0.252 e. The summed E-state index contributed by atoms with van der Waals surface area (Å²) in [6.07, 6.45) is 3.57. The first-order valence-electron chi connectivity index (χ1n) is 8.39. The Morgan fingerprint density at radius 2 is 2.00 bits per heavy atom. The van der Waals surface area contributed by atoms with Crippen LogP contribution in [0.2, 0.25) is 0 Å². The van der Waals surface area contributed by atoms with Crippen molar-refractivity contribution in [1.82, 2.24) is 35.5 Å². The van der Waals surface area contributed by atoms with Crippen molar-refractivity contribution in [2.75, 3.05) is 0 Å². The zero-order valence-electron chi connectivity index (χ0n) is 14.6. The highest BCUT2D eigenvalue weighted by Gasteiger charge is 2.21. The van der Waals surface area contributed by atoms with Crippen LogP contribution in [0.5, 0.6) is 0 Å². The number of amides is 1. The van der Waals surface area contributed by atoms with Gasteiger partial charge in [0.1, 0.15) is 11.9 Å². The van der Waals surface area contributed by atoms with E-state index in [0.717, 1.165) is 11.4 Å². The molecular weight excluding hydrogens is 342 g/mol. The Bertz CT molecular complexity index is 1040. The van der Waals surface area contributed by atoms with Gasteiger partial charge in [0.15, 0.2) is 0 Å². The van der Waals surface area contributed by atoms with E-state index < -0.39 is 0 Å². The molecule has 0 unspecified atom stereocenters. The lowest BCUT2D eigenvalue weighted by Crippen LogP contribution is -2.31. The number of nitrogens with zero attached hydrogens (tertiary/aromatic N) is 5. The van der Waals surface area contributed by atoms with Crippen LogP contribution in [-0.4, -0.2) is 36.1 Å². The Morgan fingerprint density at radius 1 is 1.15 bits per heavy atom. The molecular formula is C19H17N7O. The number of tetrazole rings is 1. The van der Waals surface area contributed by atoms with E-state index in [1.807, 2.05) is 54.2 Å². The number of hydrogen-bond acceptors (Lipinski definition) is 5. The van der Waals surface area contributed by atoms with Gasteiger partial charge in [-0.25, -0.2) is 4.98 Å². The van der Waals surface area contributed by atoms with Crippen molar-refractivity contribution in [2.45, 2.75) is 6.04 Å². The highest BCUT2D eigenvalue weighted by Crippen LogP contribution is 2.22. The van der Waals surface area contributed by atoms with E-state index in [0.29, 0.717) is 17.0 Å². The molecule has 2 heterocycles. The molecule has 2 aromatic heterocycles. The van der Waals surface area contributed by atoms with Crippen molar-refractivity contribution in [3.63, 3.8) is 0 Å². The molecule has 0 radical (unpaired) electrons. The number of aromatic amines is 1. The fourth-order valence-corrected chi connectivity index (χ4v) is 2.90. The van der Waals surface area contributed by atoms with Crippen LogP contribution in [0.3, 0.4) is 0 Å². The third kappa shape index (κ3) is 3.45. The van der Waals surface area contributed by atoms with Gasteiger partial charge in [0, 0.05) is 30.6 Å². The number of rotatable bonds is 5. The summed E-state index contributed by atoms with van der Waals surface area (Å²) < 4.78 is 1.90. The van der Waals surface area contributed by atoms with E-state index in [-0.39, 0.29) is 11.9 Å². The number of benzene rings is 2. The molecule has 0 saturated carbocycles. The van der Waals surface area contributed by atoms with Gasteiger partial charge in [0.25, 0.3) is 5.91 Å². The Kier molecular flexibility index (Phi) is 4.44. The maximum absolute atomic E-state index is 12.9. The third-order valence-corrected chi connectivity index (χ3v) is 4.25. The minimum Gasteiger partial charge on any atom is -0.338 e. The summed E-state index contributed by atoms with van der Waals surface area (Å²) in [5, 5.41) is 17.0. The Hall–Kier alpha value is -3.81. The number of nitrogens with one attached hydrogen (secondary N) is 2. The summed E-state index contributed by atoms with van der Waals surface area (Å²) in [5.41, 5.74) is 2.17. The average Bonchev–Trinajstić information content (AvgIpc) is 3.39. The van der Waals surface area contributed by atoms with Gasteiger partial charge >= 0.3 is 0 Å². The lowest BCUT2D eigenvalue weighted by atomic mass is 10.0. The van der Waals surface area contributed by atoms with Crippen molar-refractivity contribution < 1.29 is 4.79 Å². The molecule has 1 amide bonds. The molecule has 8 heteroatoms. The van der Waals surface area contributed by atoms with Gasteiger partial charge in [0.05, 0.1) is 0 Å². The number of aromatic nitrogens is 6. The predicted molar refractivity (Wildman–Crippen MR) is 98.6 cm³/mol. The van der Waals surface area contributed by atoms with Crippen molar-refractivity contribution in [2.24, 2.45) is 7.05 Å². The SMILES string of the molecule is Cn1ccnc1[C@H](NC(=O)c1cccc(-c2nn[nH]n2)c1)c1ccccc1. The molecule has 0 aliphatic carbocycles. The normalized spacial score (nSPS) is 11.9. The van der Waals surface area contributed by atoms with E-state index >= 15 is 0 Å². The zero-order valence-corrected chi connectivity index (χ0v) is 14.6. The molecule has 27 heavy (non-hydrogen) atoms. The Labute approximate surface area is 155 Å². The highest BCUT2D eigenvalue weighted by molar-refractivity contribution is 5.95. The molecule has 0 aliphatic heterocycles. The van der Waals surface area contributed by atoms with Gasteiger partial charge in [0.2, 0.25) is 5.82 Å². The number of carbonyl (C=O) groups is 1.